The van der Waals surface area contributed by atoms with Gasteiger partial charge >= 0.3 is 5.97 Å². The Morgan fingerprint density at radius 1 is 1.29 bits per heavy atom. The van der Waals surface area contributed by atoms with E-state index in [2.05, 4.69) is 6.58 Å². The number of carbonyl (C=O) groups excluding carboxylic acids is 1. The molecule has 0 aromatic heterocycles. The van der Waals surface area contributed by atoms with Crippen molar-refractivity contribution in [1.29, 1.82) is 0 Å². The molecule has 2 aliphatic rings. The van der Waals surface area contributed by atoms with Crippen LogP contribution in [0.4, 0.5) is 0 Å². The van der Waals surface area contributed by atoms with Crippen LogP contribution in [0.3, 0.4) is 0 Å². The van der Waals surface area contributed by atoms with E-state index in [9.17, 15) is 9.90 Å². The van der Waals surface area contributed by atoms with E-state index in [-0.39, 0.29) is 24.5 Å². The minimum absolute atomic E-state index is 0.0378. The Bertz CT molecular complexity index is 583. The van der Waals surface area contributed by atoms with E-state index in [0.29, 0.717) is 5.57 Å². The molecule has 0 aromatic carbocycles. The fourth-order valence-corrected chi connectivity index (χ4v) is 3.33. The van der Waals surface area contributed by atoms with E-state index < -0.39 is 17.9 Å². The number of esters is 1. The maximum atomic E-state index is 11.8. The molecule has 1 saturated heterocycles. The second kappa shape index (κ2) is 6.82. The predicted molar refractivity (Wildman–Crippen MR) is 91.2 cm³/mol. The van der Waals surface area contributed by atoms with E-state index in [4.69, 9.17) is 14.2 Å². The smallest absolute Gasteiger partial charge is 0.330 e. The number of rotatable bonds is 2. The molecule has 1 N–H and O–H groups in total. The SMILES string of the molecule is C=C[C@@H]1CC(C)(C)[C@H](O)/C1=C1\COC(C)(C)OC\C1=C/C(=O)OC. The van der Waals surface area contributed by atoms with Crippen molar-refractivity contribution in [1.82, 2.24) is 0 Å². The lowest BCUT2D eigenvalue weighted by atomic mass is 9.87. The monoisotopic (exact) mass is 336 g/mol. The van der Waals surface area contributed by atoms with Gasteiger partial charge in [-0.25, -0.2) is 4.79 Å². The highest BCUT2D eigenvalue weighted by Gasteiger charge is 2.44. The molecule has 0 unspecified atom stereocenters. The molecule has 0 spiro atoms. The number of aliphatic hydroxyl groups is 1. The first-order chi connectivity index (χ1) is 11.1. The summed E-state index contributed by atoms with van der Waals surface area (Å²) in [6.07, 6.45) is 3.45. The Morgan fingerprint density at radius 3 is 2.50 bits per heavy atom. The number of carbonyl (C=O) groups is 1. The fourth-order valence-electron chi connectivity index (χ4n) is 3.33. The van der Waals surface area contributed by atoms with Crippen LogP contribution in [-0.2, 0) is 19.0 Å². The minimum atomic E-state index is -0.764. The molecule has 1 heterocycles. The highest BCUT2D eigenvalue weighted by Crippen LogP contribution is 2.48. The Hall–Kier alpha value is -1.43. The Kier molecular flexibility index (Phi) is 5.37. The molecule has 5 heteroatoms. The summed E-state index contributed by atoms with van der Waals surface area (Å²) in [4.78, 5) is 11.8. The lowest BCUT2D eigenvalue weighted by Gasteiger charge is -2.24. The quantitative estimate of drug-likeness (QED) is 0.477. The van der Waals surface area contributed by atoms with Crippen molar-refractivity contribution in [3.05, 3.63) is 35.5 Å². The van der Waals surface area contributed by atoms with Crippen molar-refractivity contribution in [2.45, 2.75) is 46.0 Å². The van der Waals surface area contributed by atoms with Gasteiger partial charge in [0, 0.05) is 12.0 Å². The van der Waals surface area contributed by atoms with Crippen LogP contribution in [-0.4, -0.2) is 43.3 Å². The highest BCUT2D eigenvalue weighted by atomic mass is 16.7. The number of ether oxygens (including phenoxy) is 3. The zero-order valence-electron chi connectivity index (χ0n) is 15.2. The van der Waals surface area contributed by atoms with Crippen LogP contribution in [0, 0.1) is 11.3 Å². The van der Waals surface area contributed by atoms with Crippen molar-refractivity contribution in [3.63, 3.8) is 0 Å². The zero-order valence-corrected chi connectivity index (χ0v) is 15.2. The third-order valence-corrected chi connectivity index (χ3v) is 4.83. The lowest BCUT2D eigenvalue weighted by Crippen LogP contribution is -2.27. The Labute approximate surface area is 144 Å². The van der Waals surface area contributed by atoms with Gasteiger partial charge in [-0.05, 0) is 42.4 Å². The van der Waals surface area contributed by atoms with Gasteiger partial charge in [0.2, 0.25) is 0 Å². The molecule has 5 nitrogen and oxygen atoms in total. The van der Waals surface area contributed by atoms with Crippen LogP contribution in [0.1, 0.15) is 34.1 Å². The summed E-state index contributed by atoms with van der Waals surface area (Å²) in [7, 11) is 1.34. The molecule has 1 aliphatic carbocycles. The number of aliphatic hydroxyl groups excluding tert-OH is 1. The molecule has 0 aromatic rings. The third-order valence-electron chi connectivity index (χ3n) is 4.83. The van der Waals surface area contributed by atoms with Crippen LogP contribution >= 0.6 is 0 Å². The van der Waals surface area contributed by atoms with Crippen molar-refractivity contribution >= 4 is 5.97 Å². The summed E-state index contributed by atoms with van der Waals surface area (Å²) in [5, 5.41) is 10.9. The Morgan fingerprint density at radius 2 is 1.92 bits per heavy atom. The van der Waals surface area contributed by atoms with Crippen molar-refractivity contribution in [2.75, 3.05) is 20.3 Å². The first kappa shape index (κ1) is 18.9. The average molecular weight is 336 g/mol. The molecular weight excluding hydrogens is 308 g/mol. The second-order valence-corrected chi connectivity index (χ2v) is 7.54. The molecule has 2 fully saturated rings. The maximum Gasteiger partial charge on any atom is 0.330 e. The van der Waals surface area contributed by atoms with E-state index in [1.807, 2.05) is 33.8 Å². The van der Waals surface area contributed by atoms with Gasteiger partial charge in [-0.3, -0.25) is 0 Å². The van der Waals surface area contributed by atoms with E-state index in [0.717, 1.165) is 17.6 Å². The molecule has 0 amide bonds. The minimum Gasteiger partial charge on any atom is -0.466 e. The van der Waals surface area contributed by atoms with Gasteiger partial charge in [0.15, 0.2) is 5.79 Å². The van der Waals surface area contributed by atoms with E-state index >= 15 is 0 Å². The Balaban J connectivity index is 2.57. The van der Waals surface area contributed by atoms with Crippen LogP contribution in [0.25, 0.3) is 0 Å². The molecule has 0 radical (unpaired) electrons. The maximum absolute atomic E-state index is 11.8. The van der Waals surface area contributed by atoms with Gasteiger partial charge in [-0.15, -0.1) is 6.58 Å². The number of methoxy groups -OCH3 is 1. The molecule has 24 heavy (non-hydrogen) atoms. The standard InChI is InChI=1S/C19H28O5/c1-7-12-9-18(2,3)17(21)16(12)14-11-24-19(4,5)23-10-13(14)8-15(20)22-6/h7-8,12,17,21H,1,9-11H2,2-6H3/b13-8+,16-14+/t12-,17-/m1/s1. The number of allylic oxidation sites excluding steroid dienone is 1. The predicted octanol–water partition coefficient (Wildman–Crippen LogP) is 2.76. The van der Waals surface area contributed by atoms with Crippen LogP contribution in [0.15, 0.2) is 35.5 Å². The van der Waals surface area contributed by atoms with Gasteiger partial charge < -0.3 is 19.3 Å². The lowest BCUT2D eigenvalue weighted by molar-refractivity contribution is -0.195. The van der Waals surface area contributed by atoms with Crippen LogP contribution in [0.5, 0.6) is 0 Å². The van der Waals surface area contributed by atoms with E-state index in [1.54, 1.807) is 0 Å². The third kappa shape index (κ3) is 3.79. The van der Waals surface area contributed by atoms with Gasteiger partial charge in [0.25, 0.3) is 0 Å². The molecular formula is C19H28O5. The molecule has 1 aliphatic heterocycles. The first-order valence-electron chi connectivity index (χ1n) is 8.21. The summed E-state index contributed by atoms with van der Waals surface area (Å²) >= 11 is 0. The number of hydrogen-bond acceptors (Lipinski definition) is 5. The average Bonchev–Trinajstić information content (AvgIpc) is 2.64. The second-order valence-electron chi connectivity index (χ2n) is 7.54. The fraction of sp³-hybridized carbons (Fsp3) is 0.632. The molecule has 1 saturated carbocycles. The van der Waals surface area contributed by atoms with Gasteiger partial charge in [-0.2, -0.15) is 0 Å². The summed E-state index contributed by atoms with van der Waals surface area (Å²) in [5.41, 5.74) is 2.10. The molecule has 0 bridgehead atoms. The summed E-state index contributed by atoms with van der Waals surface area (Å²) in [5.74, 6) is -1.18. The topological polar surface area (TPSA) is 65.0 Å². The highest BCUT2D eigenvalue weighted by molar-refractivity contribution is 5.83. The van der Waals surface area contributed by atoms with Crippen molar-refractivity contribution < 1.29 is 24.1 Å². The van der Waals surface area contributed by atoms with Crippen LogP contribution < -0.4 is 0 Å². The summed E-state index contributed by atoms with van der Waals surface area (Å²) in [6, 6.07) is 0. The van der Waals surface area contributed by atoms with Gasteiger partial charge in [0.1, 0.15) is 0 Å². The molecule has 2 atom stereocenters. The van der Waals surface area contributed by atoms with Crippen molar-refractivity contribution in [2.24, 2.45) is 11.3 Å². The van der Waals surface area contributed by atoms with Gasteiger partial charge in [-0.1, -0.05) is 19.9 Å². The van der Waals surface area contributed by atoms with Crippen molar-refractivity contribution in [3.8, 4) is 0 Å². The largest absolute Gasteiger partial charge is 0.466 e. The molecule has 2 rings (SSSR count). The van der Waals surface area contributed by atoms with Gasteiger partial charge in [0.05, 0.1) is 26.4 Å². The summed E-state index contributed by atoms with van der Waals surface area (Å²) in [6.45, 7) is 12.1. The van der Waals surface area contributed by atoms with E-state index in [1.165, 1.54) is 13.2 Å². The summed E-state index contributed by atoms with van der Waals surface area (Å²) < 4.78 is 16.4. The zero-order chi connectivity index (χ0) is 18.1. The first-order valence-corrected chi connectivity index (χ1v) is 8.21. The molecule has 134 valence electrons. The van der Waals surface area contributed by atoms with Crippen LogP contribution in [0.2, 0.25) is 0 Å². The normalized spacial score (nSPS) is 34.0. The number of hydrogen-bond donors (Lipinski definition) is 1.